The molecule has 3 aromatic rings. The Balaban J connectivity index is 1.91. The molecule has 1 amide bonds. The lowest BCUT2D eigenvalue weighted by Crippen LogP contribution is -2.27. The van der Waals surface area contributed by atoms with Crippen LogP contribution in [0.15, 0.2) is 48.8 Å². The molecule has 0 aliphatic carbocycles. The summed E-state index contributed by atoms with van der Waals surface area (Å²) in [6.45, 7) is 3.93. The van der Waals surface area contributed by atoms with Crippen molar-refractivity contribution in [3.8, 4) is 0 Å². The molecule has 0 radical (unpaired) electrons. The van der Waals surface area contributed by atoms with E-state index >= 15 is 0 Å². The number of anilines is 1. The van der Waals surface area contributed by atoms with Crippen LogP contribution in [0.5, 0.6) is 0 Å². The van der Waals surface area contributed by atoms with Gasteiger partial charge in [-0.05, 0) is 25.5 Å². The molecular weight excluding hydrogens is 296 g/mol. The topological polar surface area (TPSA) is 59.8 Å². The molecule has 2 aromatic heterocycles. The van der Waals surface area contributed by atoms with Gasteiger partial charge >= 0.3 is 0 Å². The predicted octanol–water partition coefficient (Wildman–Crippen LogP) is 3.18. The molecule has 1 atom stereocenters. The van der Waals surface area contributed by atoms with Gasteiger partial charge < -0.3 is 0 Å². The highest BCUT2D eigenvalue weighted by Crippen LogP contribution is 2.24. The fraction of sp³-hybridized carbons (Fsp3) is 0.188. The second kappa shape index (κ2) is 6.11. The van der Waals surface area contributed by atoms with Crippen molar-refractivity contribution in [2.75, 3.05) is 5.32 Å². The summed E-state index contributed by atoms with van der Waals surface area (Å²) >= 11 is 1.48. The quantitative estimate of drug-likeness (QED) is 0.805. The van der Waals surface area contributed by atoms with Gasteiger partial charge in [-0.2, -0.15) is 5.10 Å². The van der Waals surface area contributed by atoms with E-state index in [1.54, 1.807) is 23.1 Å². The molecule has 3 rings (SSSR count). The van der Waals surface area contributed by atoms with E-state index in [0.717, 1.165) is 16.1 Å². The smallest absolute Gasteiger partial charge is 0.255 e. The van der Waals surface area contributed by atoms with Crippen molar-refractivity contribution >= 4 is 22.4 Å². The monoisotopic (exact) mass is 312 g/mol. The molecule has 6 heteroatoms. The van der Waals surface area contributed by atoms with Gasteiger partial charge in [0, 0.05) is 17.3 Å². The van der Waals surface area contributed by atoms with E-state index in [1.807, 2.05) is 44.2 Å². The first-order chi connectivity index (χ1) is 10.6. The van der Waals surface area contributed by atoms with Gasteiger partial charge in [-0.25, -0.2) is 4.98 Å². The first-order valence-corrected chi connectivity index (χ1v) is 7.76. The maximum Gasteiger partial charge on any atom is 0.255 e. The normalized spacial score (nSPS) is 12.1. The number of carbonyl (C=O) groups excluding carboxylic acids is 1. The summed E-state index contributed by atoms with van der Waals surface area (Å²) in [5, 5.41) is 7.73. The van der Waals surface area contributed by atoms with Gasteiger partial charge in [-0.15, -0.1) is 11.3 Å². The number of nitrogens with zero attached hydrogens (tertiary/aromatic N) is 3. The predicted molar refractivity (Wildman–Crippen MR) is 87.0 cm³/mol. The number of carbonyl (C=O) groups is 1. The summed E-state index contributed by atoms with van der Waals surface area (Å²) in [4.78, 5) is 18.2. The van der Waals surface area contributed by atoms with E-state index in [-0.39, 0.29) is 5.91 Å². The van der Waals surface area contributed by atoms with Crippen molar-refractivity contribution in [3.05, 3.63) is 64.9 Å². The molecule has 22 heavy (non-hydrogen) atoms. The molecular formula is C16H16N4OS. The Bertz CT molecular complexity index is 745. The van der Waals surface area contributed by atoms with Gasteiger partial charge in [0.25, 0.3) is 5.91 Å². The van der Waals surface area contributed by atoms with E-state index in [0.29, 0.717) is 5.13 Å². The average molecular weight is 312 g/mol. The average Bonchev–Trinajstić information content (AvgIpc) is 3.12. The number of aryl methyl sites for hydroxylation is 2. The molecule has 0 fully saturated rings. The highest BCUT2D eigenvalue weighted by atomic mass is 32.1. The number of rotatable bonds is 4. The standard InChI is InChI=1S/C16H16N4OS/c1-11-12(2)22-16(18-11)19-15(21)14(20-10-6-9-17-20)13-7-4-3-5-8-13/h3-10,14H,1-2H3,(H,18,19,21). The number of amides is 1. The summed E-state index contributed by atoms with van der Waals surface area (Å²) in [6, 6.07) is 10.9. The maximum absolute atomic E-state index is 12.7. The Morgan fingerprint density at radius 3 is 2.59 bits per heavy atom. The van der Waals surface area contributed by atoms with Crippen LogP contribution in [-0.2, 0) is 4.79 Å². The van der Waals surface area contributed by atoms with Crippen LogP contribution in [0.4, 0.5) is 5.13 Å². The molecule has 0 aliphatic rings. The molecule has 0 spiro atoms. The van der Waals surface area contributed by atoms with Crippen LogP contribution in [0.1, 0.15) is 22.2 Å². The molecule has 1 aromatic carbocycles. The third kappa shape index (κ3) is 2.92. The molecule has 2 heterocycles. The van der Waals surface area contributed by atoms with Crippen molar-refractivity contribution < 1.29 is 4.79 Å². The molecule has 0 aliphatic heterocycles. The number of thiazole rings is 1. The van der Waals surface area contributed by atoms with Crippen molar-refractivity contribution in [3.63, 3.8) is 0 Å². The Kier molecular flexibility index (Phi) is 4.02. The fourth-order valence-corrected chi connectivity index (χ4v) is 3.01. The van der Waals surface area contributed by atoms with Crippen molar-refractivity contribution in [2.24, 2.45) is 0 Å². The van der Waals surface area contributed by atoms with Crippen LogP contribution in [0.2, 0.25) is 0 Å². The third-order valence-electron chi connectivity index (χ3n) is 3.41. The van der Waals surface area contributed by atoms with Gasteiger partial charge in [0.15, 0.2) is 11.2 Å². The molecule has 0 saturated carbocycles. The van der Waals surface area contributed by atoms with Gasteiger partial charge in [0.1, 0.15) is 0 Å². The van der Waals surface area contributed by atoms with Crippen LogP contribution >= 0.6 is 11.3 Å². The third-order valence-corrected chi connectivity index (χ3v) is 4.40. The van der Waals surface area contributed by atoms with Crippen molar-refractivity contribution in [1.29, 1.82) is 0 Å². The van der Waals surface area contributed by atoms with E-state index in [2.05, 4.69) is 15.4 Å². The van der Waals surface area contributed by atoms with E-state index < -0.39 is 6.04 Å². The summed E-state index contributed by atoms with van der Waals surface area (Å²) in [5.41, 5.74) is 1.82. The molecule has 0 saturated heterocycles. The lowest BCUT2D eigenvalue weighted by molar-refractivity contribution is -0.118. The van der Waals surface area contributed by atoms with Crippen LogP contribution in [-0.4, -0.2) is 20.7 Å². The fourth-order valence-electron chi connectivity index (χ4n) is 2.19. The second-order valence-corrected chi connectivity index (χ2v) is 6.15. The number of nitrogens with one attached hydrogen (secondary N) is 1. The van der Waals surface area contributed by atoms with Crippen LogP contribution < -0.4 is 5.32 Å². The summed E-state index contributed by atoms with van der Waals surface area (Å²) in [7, 11) is 0. The minimum atomic E-state index is -0.513. The Hall–Kier alpha value is -2.47. The van der Waals surface area contributed by atoms with E-state index in [9.17, 15) is 4.79 Å². The summed E-state index contributed by atoms with van der Waals surface area (Å²) in [6.07, 6.45) is 3.45. The molecule has 5 nitrogen and oxygen atoms in total. The number of benzene rings is 1. The lowest BCUT2D eigenvalue weighted by Gasteiger charge is -2.16. The number of hydrogen-bond acceptors (Lipinski definition) is 4. The van der Waals surface area contributed by atoms with Gasteiger partial charge in [0.05, 0.1) is 5.69 Å². The van der Waals surface area contributed by atoms with Crippen molar-refractivity contribution in [1.82, 2.24) is 14.8 Å². The molecule has 112 valence electrons. The largest absolute Gasteiger partial charge is 0.300 e. The first kappa shape index (κ1) is 14.5. The minimum absolute atomic E-state index is 0.149. The second-order valence-electron chi connectivity index (χ2n) is 4.95. The Labute approximate surface area is 132 Å². The first-order valence-electron chi connectivity index (χ1n) is 6.94. The van der Waals surface area contributed by atoms with Crippen LogP contribution in [0.25, 0.3) is 0 Å². The van der Waals surface area contributed by atoms with Crippen LogP contribution in [0.3, 0.4) is 0 Å². The zero-order valence-electron chi connectivity index (χ0n) is 12.4. The van der Waals surface area contributed by atoms with Crippen LogP contribution in [0, 0.1) is 13.8 Å². The zero-order valence-corrected chi connectivity index (χ0v) is 13.2. The zero-order chi connectivity index (χ0) is 15.5. The van der Waals surface area contributed by atoms with E-state index in [4.69, 9.17) is 0 Å². The maximum atomic E-state index is 12.7. The number of hydrogen-bond donors (Lipinski definition) is 1. The molecule has 1 N–H and O–H groups in total. The Morgan fingerprint density at radius 2 is 2.00 bits per heavy atom. The lowest BCUT2D eigenvalue weighted by atomic mass is 10.1. The van der Waals surface area contributed by atoms with Gasteiger partial charge in [-0.3, -0.25) is 14.8 Å². The summed E-state index contributed by atoms with van der Waals surface area (Å²) in [5.74, 6) is -0.149. The number of aromatic nitrogens is 3. The summed E-state index contributed by atoms with van der Waals surface area (Å²) < 4.78 is 1.65. The molecule has 1 unspecified atom stereocenters. The van der Waals surface area contributed by atoms with E-state index in [1.165, 1.54) is 11.3 Å². The minimum Gasteiger partial charge on any atom is -0.300 e. The molecule has 0 bridgehead atoms. The SMILES string of the molecule is Cc1nc(NC(=O)C(c2ccccc2)n2cccn2)sc1C. The Morgan fingerprint density at radius 1 is 1.23 bits per heavy atom. The van der Waals surface area contributed by atoms with Gasteiger partial charge in [0.2, 0.25) is 0 Å². The highest BCUT2D eigenvalue weighted by Gasteiger charge is 2.23. The highest BCUT2D eigenvalue weighted by molar-refractivity contribution is 7.15. The van der Waals surface area contributed by atoms with Crippen molar-refractivity contribution in [2.45, 2.75) is 19.9 Å². The van der Waals surface area contributed by atoms with Gasteiger partial charge in [-0.1, -0.05) is 30.3 Å².